The molecule has 0 aliphatic heterocycles. The summed E-state index contributed by atoms with van der Waals surface area (Å²) in [6.07, 6.45) is 0. The Morgan fingerprint density at radius 2 is 1.62 bits per heavy atom. The number of carbonyl (C=O) groups excluding carboxylic acids is 3. The summed E-state index contributed by atoms with van der Waals surface area (Å²) in [6.45, 7) is 3.06. The Morgan fingerprint density at radius 3 is 2.14 bits per heavy atom. The smallest absolute Gasteiger partial charge is 0.341 e. The van der Waals surface area contributed by atoms with Crippen molar-refractivity contribution in [2.24, 2.45) is 0 Å². The van der Waals surface area contributed by atoms with Crippen LogP contribution in [0.3, 0.4) is 0 Å². The molecule has 0 aliphatic carbocycles. The van der Waals surface area contributed by atoms with Crippen LogP contribution in [0.5, 0.6) is 11.5 Å². The van der Waals surface area contributed by atoms with E-state index >= 15 is 0 Å². The summed E-state index contributed by atoms with van der Waals surface area (Å²) in [5, 5.41) is 2.94. The van der Waals surface area contributed by atoms with Crippen molar-refractivity contribution >= 4 is 50.1 Å². The fraction of sp³-hybridized carbons (Fsp3) is 0.316. The maximum Gasteiger partial charge on any atom is 0.341 e. The van der Waals surface area contributed by atoms with Crippen LogP contribution in [0.25, 0.3) is 0 Å². The van der Waals surface area contributed by atoms with Gasteiger partial charge in [-0.2, -0.15) is 0 Å². The van der Waals surface area contributed by atoms with Gasteiger partial charge in [-0.15, -0.1) is 11.3 Å². The number of benzene rings is 1. The highest BCUT2D eigenvalue weighted by Crippen LogP contribution is 2.36. The molecule has 1 heterocycles. The molecule has 0 aliphatic rings. The van der Waals surface area contributed by atoms with Crippen LogP contribution in [0.1, 0.15) is 31.2 Å². The number of nitrogens with one attached hydrogen (secondary N) is 1. The van der Waals surface area contributed by atoms with Gasteiger partial charge in [0.1, 0.15) is 21.0 Å². The number of hydrogen-bond donors (Lipinski definition) is 1. The molecule has 1 aromatic carbocycles. The van der Waals surface area contributed by atoms with Crippen molar-refractivity contribution in [3.63, 3.8) is 0 Å². The highest BCUT2D eigenvalue weighted by atomic mass is 79.9. The lowest BCUT2D eigenvalue weighted by Gasteiger charge is -2.11. The Labute approximate surface area is 180 Å². The number of thiophene rings is 1. The van der Waals surface area contributed by atoms with Gasteiger partial charge in [-0.25, -0.2) is 9.59 Å². The van der Waals surface area contributed by atoms with E-state index in [2.05, 4.69) is 21.2 Å². The summed E-state index contributed by atoms with van der Waals surface area (Å²) in [7, 11) is 4.17. The predicted molar refractivity (Wildman–Crippen MR) is 111 cm³/mol. The van der Waals surface area contributed by atoms with Gasteiger partial charge >= 0.3 is 11.9 Å². The molecular formula is C19H20BrNO7S. The minimum absolute atomic E-state index is 0.160. The van der Waals surface area contributed by atoms with Gasteiger partial charge in [0.25, 0.3) is 5.91 Å². The van der Waals surface area contributed by atoms with E-state index in [9.17, 15) is 14.4 Å². The molecule has 1 N–H and O–H groups in total. The summed E-state index contributed by atoms with van der Waals surface area (Å²) in [4.78, 5) is 37.4. The maximum absolute atomic E-state index is 12.3. The summed E-state index contributed by atoms with van der Waals surface area (Å²) in [6, 6.07) is 2.93. The lowest BCUT2D eigenvalue weighted by atomic mass is 10.1. The molecule has 0 saturated heterocycles. The third-order valence-corrected chi connectivity index (χ3v) is 5.95. The first-order valence-electron chi connectivity index (χ1n) is 8.30. The zero-order valence-corrected chi connectivity index (χ0v) is 18.9. The highest BCUT2D eigenvalue weighted by Gasteiger charge is 2.22. The number of rotatable bonds is 7. The number of methoxy groups -OCH3 is 3. The monoisotopic (exact) mass is 485 g/mol. The lowest BCUT2D eigenvalue weighted by molar-refractivity contribution is -0.119. The van der Waals surface area contributed by atoms with E-state index in [1.54, 1.807) is 6.92 Å². The van der Waals surface area contributed by atoms with Gasteiger partial charge in [-0.05, 0) is 47.5 Å². The van der Waals surface area contributed by atoms with Crippen LogP contribution < -0.4 is 14.8 Å². The fourth-order valence-corrected chi connectivity index (χ4v) is 4.04. The molecule has 2 rings (SSSR count). The van der Waals surface area contributed by atoms with Crippen LogP contribution in [0.2, 0.25) is 0 Å². The van der Waals surface area contributed by atoms with Crippen LogP contribution in [0.4, 0.5) is 5.00 Å². The predicted octanol–water partition coefficient (Wildman–Crippen LogP) is 3.73. The van der Waals surface area contributed by atoms with Crippen molar-refractivity contribution in [3.8, 4) is 11.5 Å². The number of amides is 1. The molecule has 0 fully saturated rings. The fourth-order valence-electron chi connectivity index (χ4n) is 2.43. The number of esters is 2. The molecule has 0 bridgehead atoms. The van der Waals surface area contributed by atoms with E-state index in [4.69, 9.17) is 18.9 Å². The molecule has 8 nitrogen and oxygen atoms in total. The number of ether oxygens (including phenoxy) is 4. The zero-order valence-electron chi connectivity index (χ0n) is 16.5. The van der Waals surface area contributed by atoms with Gasteiger partial charge in [0.05, 0.1) is 32.5 Å². The molecule has 0 atom stereocenters. The highest BCUT2D eigenvalue weighted by molar-refractivity contribution is 9.10. The topological polar surface area (TPSA) is 100 Å². The molecule has 156 valence electrons. The van der Waals surface area contributed by atoms with Gasteiger partial charge in [-0.3, -0.25) is 4.79 Å². The molecular weight excluding hydrogens is 466 g/mol. The van der Waals surface area contributed by atoms with Crippen LogP contribution >= 0.6 is 27.3 Å². The largest absolute Gasteiger partial charge is 0.495 e. The number of halogens is 1. The average molecular weight is 486 g/mol. The van der Waals surface area contributed by atoms with Crippen LogP contribution in [-0.2, 0) is 14.3 Å². The third-order valence-electron chi connectivity index (χ3n) is 4.04. The second-order valence-electron chi connectivity index (χ2n) is 5.80. The van der Waals surface area contributed by atoms with Crippen molar-refractivity contribution < 1.29 is 33.3 Å². The van der Waals surface area contributed by atoms with Crippen molar-refractivity contribution in [3.05, 3.63) is 38.2 Å². The third kappa shape index (κ3) is 5.07. The van der Waals surface area contributed by atoms with E-state index < -0.39 is 24.5 Å². The number of aryl methyl sites for hydroxylation is 1. The Kier molecular flexibility index (Phi) is 7.63. The molecule has 0 saturated carbocycles. The van der Waals surface area contributed by atoms with E-state index in [1.165, 1.54) is 44.8 Å². The van der Waals surface area contributed by atoms with Crippen molar-refractivity contribution in [2.45, 2.75) is 13.8 Å². The van der Waals surface area contributed by atoms with Crippen molar-refractivity contribution in [1.82, 2.24) is 0 Å². The molecule has 0 spiro atoms. The second kappa shape index (κ2) is 9.75. The quantitative estimate of drug-likeness (QED) is 0.596. The Hall–Kier alpha value is -2.59. The van der Waals surface area contributed by atoms with E-state index in [1.807, 2.05) is 6.92 Å². The lowest BCUT2D eigenvalue weighted by Crippen LogP contribution is -2.21. The summed E-state index contributed by atoms with van der Waals surface area (Å²) < 4.78 is 20.8. The zero-order chi connectivity index (χ0) is 21.7. The minimum Gasteiger partial charge on any atom is -0.495 e. The summed E-state index contributed by atoms with van der Waals surface area (Å²) in [5.74, 6) is -1.09. The maximum atomic E-state index is 12.3. The normalized spacial score (nSPS) is 10.3. The molecule has 2 aromatic rings. The molecule has 1 amide bonds. The molecule has 1 aromatic heterocycles. The first-order valence-corrected chi connectivity index (χ1v) is 9.91. The van der Waals surface area contributed by atoms with Crippen molar-refractivity contribution in [2.75, 3.05) is 33.3 Å². The summed E-state index contributed by atoms with van der Waals surface area (Å²) >= 11 is 4.56. The van der Waals surface area contributed by atoms with Gasteiger partial charge in [0, 0.05) is 4.88 Å². The number of carbonyl (C=O) groups is 3. The van der Waals surface area contributed by atoms with Gasteiger partial charge in [0.15, 0.2) is 6.61 Å². The van der Waals surface area contributed by atoms with Gasteiger partial charge in [0.2, 0.25) is 0 Å². The molecule has 10 heteroatoms. The average Bonchev–Trinajstić information content (AvgIpc) is 2.98. The first-order chi connectivity index (χ1) is 13.7. The SMILES string of the molecule is COC(=O)c1c(NC(=O)COC(=O)c2cc(OC)c(Br)c(OC)c2)sc(C)c1C. The van der Waals surface area contributed by atoms with Crippen LogP contribution in [-0.4, -0.2) is 45.8 Å². The van der Waals surface area contributed by atoms with Crippen LogP contribution in [0, 0.1) is 13.8 Å². The van der Waals surface area contributed by atoms with E-state index in [0.717, 1.165) is 10.4 Å². The molecule has 29 heavy (non-hydrogen) atoms. The van der Waals surface area contributed by atoms with Gasteiger partial charge in [-0.1, -0.05) is 0 Å². The van der Waals surface area contributed by atoms with Crippen molar-refractivity contribution in [1.29, 1.82) is 0 Å². The van der Waals surface area contributed by atoms with Gasteiger partial charge < -0.3 is 24.3 Å². The Balaban J connectivity index is 2.10. The Morgan fingerprint density at radius 1 is 1.03 bits per heavy atom. The van der Waals surface area contributed by atoms with E-state index in [0.29, 0.717) is 21.0 Å². The number of anilines is 1. The number of hydrogen-bond acceptors (Lipinski definition) is 8. The minimum atomic E-state index is -0.726. The Bertz CT molecular complexity index is 929. The van der Waals surface area contributed by atoms with E-state index in [-0.39, 0.29) is 11.1 Å². The molecule has 0 unspecified atom stereocenters. The first kappa shape index (κ1) is 22.7. The van der Waals surface area contributed by atoms with Crippen LogP contribution in [0.15, 0.2) is 16.6 Å². The standard InChI is InChI=1S/C19H20BrNO7S/c1-9-10(2)29-17(15(9)19(24)27-5)21-14(22)8-28-18(23)11-6-12(25-3)16(20)13(7-11)26-4/h6-7H,8H2,1-5H3,(H,21,22). The molecule has 0 radical (unpaired) electrons. The summed E-state index contributed by atoms with van der Waals surface area (Å²) in [5.41, 5.74) is 1.17. The second-order valence-corrected chi connectivity index (χ2v) is 7.82.